The van der Waals surface area contributed by atoms with E-state index in [4.69, 9.17) is 9.26 Å². The molecule has 1 saturated heterocycles. The molecule has 0 spiro atoms. The fourth-order valence-electron chi connectivity index (χ4n) is 4.50. The molecule has 2 aromatic carbocycles. The summed E-state index contributed by atoms with van der Waals surface area (Å²) < 4.78 is 12.8. The van der Waals surface area contributed by atoms with Gasteiger partial charge in [0.25, 0.3) is 5.91 Å². The Bertz CT molecular complexity index is 1320. The number of imidazole rings is 1. The molecular weight excluding hydrogens is 420 g/mol. The molecule has 1 aliphatic heterocycles. The molecular formula is C25H26N4O4. The second-order valence-corrected chi connectivity index (χ2v) is 8.46. The summed E-state index contributed by atoms with van der Waals surface area (Å²) in [5, 5.41) is 3.93. The lowest BCUT2D eigenvalue weighted by Gasteiger charge is -2.32. The molecule has 1 fully saturated rings. The minimum Gasteiger partial charge on any atom is -0.489 e. The van der Waals surface area contributed by atoms with Crippen molar-refractivity contribution in [1.29, 1.82) is 0 Å². The van der Waals surface area contributed by atoms with E-state index in [1.54, 1.807) is 12.1 Å². The van der Waals surface area contributed by atoms with Crippen molar-refractivity contribution in [3.63, 3.8) is 0 Å². The fraction of sp³-hybridized carbons (Fsp3) is 0.320. The zero-order chi connectivity index (χ0) is 22.9. The van der Waals surface area contributed by atoms with Crippen molar-refractivity contribution < 1.29 is 14.1 Å². The summed E-state index contributed by atoms with van der Waals surface area (Å²) in [5.41, 5.74) is 4.05. The molecule has 3 heterocycles. The van der Waals surface area contributed by atoms with Crippen LogP contribution in [0.4, 0.5) is 0 Å². The Kier molecular flexibility index (Phi) is 5.50. The number of carbonyl (C=O) groups excluding carboxylic acids is 1. The number of para-hydroxylation sites is 2. The molecule has 2 aromatic heterocycles. The number of ether oxygens (including phenoxy) is 1. The van der Waals surface area contributed by atoms with Gasteiger partial charge >= 0.3 is 5.69 Å². The predicted octanol–water partition coefficient (Wildman–Crippen LogP) is 3.99. The number of piperidine rings is 1. The first-order chi connectivity index (χ1) is 16.0. The number of hydrogen-bond donors (Lipinski definition) is 1. The largest absolute Gasteiger partial charge is 0.489 e. The molecule has 8 nitrogen and oxygen atoms in total. The number of benzene rings is 2. The Hall–Kier alpha value is -3.81. The lowest BCUT2D eigenvalue weighted by atomic mass is 10.0. The van der Waals surface area contributed by atoms with Crippen LogP contribution in [0.1, 0.15) is 46.3 Å². The summed E-state index contributed by atoms with van der Waals surface area (Å²) in [6.07, 6.45) is 1.48. The molecule has 8 heteroatoms. The minimum atomic E-state index is -0.0897. The maximum absolute atomic E-state index is 13.0. The van der Waals surface area contributed by atoms with E-state index in [9.17, 15) is 9.59 Å². The van der Waals surface area contributed by atoms with Gasteiger partial charge < -0.3 is 19.1 Å². The highest BCUT2D eigenvalue weighted by Gasteiger charge is 2.26. The number of nitrogens with zero attached hydrogens (tertiary/aromatic N) is 3. The number of likely N-dealkylation sites (tertiary alicyclic amines) is 1. The monoisotopic (exact) mass is 446 g/mol. The number of amides is 1. The Morgan fingerprint density at radius 1 is 1.12 bits per heavy atom. The molecule has 0 bridgehead atoms. The smallest absolute Gasteiger partial charge is 0.326 e. The van der Waals surface area contributed by atoms with Gasteiger partial charge in [-0.3, -0.25) is 9.36 Å². The molecule has 1 N–H and O–H groups in total. The van der Waals surface area contributed by atoms with Crippen molar-refractivity contribution in [2.45, 2.75) is 39.3 Å². The van der Waals surface area contributed by atoms with E-state index in [-0.39, 0.29) is 17.6 Å². The molecule has 5 rings (SSSR count). The van der Waals surface area contributed by atoms with Gasteiger partial charge in [-0.25, -0.2) is 4.79 Å². The summed E-state index contributed by atoms with van der Waals surface area (Å²) in [6.45, 7) is 5.34. The van der Waals surface area contributed by atoms with Crippen LogP contribution < -0.4 is 10.4 Å². The van der Waals surface area contributed by atoms with Crippen LogP contribution in [-0.4, -0.2) is 38.6 Å². The summed E-state index contributed by atoms with van der Waals surface area (Å²) in [7, 11) is 0. The first-order valence-electron chi connectivity index (χ1n) is 11.1. The molecule has 0 unspecified atom stereocenters. The van der Waals surface area contributed by atoms with Gasteiger partial charge in [0.1, 0.15) is 18.1 Å². The van der Waals surface area contributed by atoms with Gasteiger partial charge in [0.05, 0.1) is 22.3 Å². The molecule has 4 aromatic rings. The Morgan fingerprint density at radius 3 is 2.55 bits per heavy atom. The third kappa shape index (κ3) is 4.04. The van der Waals surface area contributed by atoms with Gasteiger partial charge in [-0.1, -0.05) is 17.3 Å². The lowest BCUT2D eigenvalue weighted by Crippen LogP contribution is -2.40. The number of aromatic nitrogens is 3. The van der Waals surface area contributed by atoms with Gasteiger partial charge in [-0.15, -0.1) is 0 Å². The number of carbonyl (C=O) groups is 1. The molecule has 33 heavy (non-hydrogen) atoms. The van der Waals surface area contributed by atoms with Gasteiger partial charge in [-0.2, -0.15) is 0 Å². The van der Waals surface area contributed by atoms with Crippen LogP contribution in [0.3, 0.4) is 0 Å². The number of hydrogen-bond acceptors (Lipinski definition) is 5. The minimum absolute atomic E-state index is 0.00278. The zero-order valence-electron chi connectivity index (χ0n) is 18.7. The zero-order valence-corrected chi connectivity index (χ0v) is 18.7. The number of aryl methyl sites for hydroxylation is 2. The van der Waals surface area contributed by atoms with E-state index in [1.165, 1.54) is 0 Å². The van der Waals surface area contributed by atoms with E-state index >= 15 is 0 Å². The first kappa shape index (κ1) is 21.1. The lowest BCUT2D eigenvalue weighted by molar-refractivity contribution is 0.0695. The van der Waals surface area contributed by atoms with Crippen LogP contribution >= 0.6 is 0 Å². The van der Waals surface area contributed by atoms with Crippen LogP contribution in [0.15, 0.2) is 57.8 Å². The molecule has 0 aliphatic carbocycles. The second kappa shape index (κ2) is 8.61. The quantitative estimate of drug-likeness (QED) is 0.500. The maximum Gasteiger partial charge on any atom is 0.326 e. The van der Waals surface area contributed by atoms with Gasteiger partial charge in [0.2, 0.25) is 0 Å². The van der Waals surface area contributed by atoms with Crippen LogP contribution in [0, 0.1) is 13.8 Å². The Labute approximate surface area is 190 Å². The van der Waals surface area contributed by atoms with Crippen molar-refractivity contribution in [2.24, 2.45) is 0 Å². The normalized spacial score (nSPS) is 14.7. The average Bonchev–Trinajstić information content (AvgIpc) is 3.35. The van der Waals surface area contributed by atoms with Crippen molar-refractivity contribution in [1.82, 2.24) is 19.6 Å². The van der Waals surface area contributed by atoms with E-state index in [1.807, 2.05) is 59.7 Å². The number of fused-ring (bicyclic) bond motifs is 1. The highest BCUT2D eigenvalue weighted by molar-refractivity contribution is 5.94. The highest BCUT2D eigenvalue weighted by atomic mass is 16.5. The molecule has 1 aliphatic rings. The summed E-state index contributed by atoms with van der Waals surface area (Å²) >= 11 is 0. The van der Waals surface area contributed by atoms with Gasteiger partial charge in [0, 0.05) is 24.7 Å². The molecule has 0 saturated carbocycles. The van der Waals surface area contributed by atoms with Crippen LogP contribution in [0.5, 0.6) is 5.75 Å². The maximum atomic E-state index is 13.0. The van der Waals surface area contributed by atoms with Gasteiger partial charge in [0.15, 0.2) is 0 Å². The fourth-order valence-corrected chi connectivity index (χ4v) is 4.50. The van der Waals surface area contributed by atoms with Crippen LogP contribution in [0.2, 0.25) is 0 Å². The van der Waals surface area contributed by atoms with Crippen molar-refractivity contribution in [3.8, 4) is 5.75 Å². The van der Waals surface area contributed by atoms with E-state index < -0.39 is 0 Å². The van der Waals surface area contributed by atoms with E-state index in [0.29, 0.717) is 31.0 Å². The van der Waals surface area contributed by atoms with Gasteiger partial charge in [-0.05, 0) is 63.1 Å². The number of H-pyrrole nitrogens is 1. The first-order valence-corrected chi connectivity index (χ1v) is 11.1. The number of nitrogens with one attached hydrogen (secondary N) is 1. The molecule has 1 amide bonds. The molecule has 170 valence electrons. The van der Waals surface area contributed by atoms with E-state index in [0.717, 1.165) is 40.9 Å². The summed E-state index contributed by atoms with van der Waals surface area (Å²) in [5.74, 6) is 1.43. The summed E-state index contributed by atoms with van der Waals surface area (Å²) in [4.78, 5) is 30.3. The van der Waals surface area contributed by atoms with Crippen LogP contribution in [0.25, 0.3) is 11.0 Å². The highest BCUT2D eigenvalue weighted by Crippen LogP contribution is 2.26. The average molecular weight is 447 g/mol. The topological polar surface area (TPSA) is 93.4 Å². The van der Waals surface area contributed by atoms with Crippen LogP contribution in [-0.2, 0) is 6.61 Å². The Balaban J connectivity index is 1.21. The molecule has 0 atom stereocenters. The standard InChI is InChI=1S/C25H26N4O4/c1-16-21(17(2)33-27-16)15-32-20-9-7-18(8-10-20)24(30)28-13-11-19(12-14-28)29-23-6-4-3-5-22(23)26-25(29)31/h3-10,19H,11-15H2,1-2H3,(H,26,31). The van der Waals surface area contributed by atoms with Crippen molar-refractivity contribution >= 4 is 16.9 Å². The van der Waals surface area contributed by atoms with Crippen molar-refractivity contribution in [2.75, 3.05) is 13.1 Å². The predicted molar refractivity (Wildman–Crippen MR) is 123 cm³/mol. The SMILES string of the molecule is Cc1noc(C)c1COc1ccc(C(=O)N2CCC(n3c(=O)[nH]c4ccccc43)CC2)cc1. The number of aromatic amines is 1. The molecule has 0 radical (unpaired) electrons. The van der Waals surface area contributed by atoms with Crippen molar-refractivity contribution in [3.05, 3.63) is 81.6 Å². The van der Waals surface area contributed by atoms with E-state index in [2.05, 4.69) is 10.1 Å². The number of rotatable bonds is 5. The summed E-state index contributed by atoms with van der Waals surface area (Å²) in [6, 6.07) is 15.0. The third-order valence-electron chi connectivity index (χ3n) is 6.41. The Morgan fingerprint density at radius 2 is 1.85 bits per heavy atom. The second-order valence-electron chi connectivity index (χ2n) is 8.46. The third-order valence-corrected chi connectivity index (χ3v) is 6.41.